The lowest BCUT2D eigenvalue weighted by Gasteiger charge is -2.25. The molecule has 11 heavy (non-hydrogen) atoms. The van der Waals surface area contributed by atoms with Crippen molar-refractivity contribution in [3.05, 3.63) is 0 Å². The molecule has 0 heterocycles. The molecule has 0 unspecified atom stereocenters. The highest BCUT2D eigenvalue weighted by atomic mass is 15.3. The predicted octanol–water partition coefficient (Wildman–Crippen LogP) is 1.05. The van der Waals surface area contributed by atoms with Gasteiger partial charge in [0.05, 0.1) is 0 Å². The summed E-state index contributed by atoms with van der Waals surface area (Å²) in [5.41, 5.74) is 5.72. The summed E-state index contributed by atoms with van der Waals surface area (Å²) in [7, 11) is 0. The van der Waals surface area contributed by atoms with E-state index in [4.69, 9.17) is 5.73 Å². The lowest BCUT2D eigenvalue weighted by molar-refractivity contribution is 0.362. The van der Waals surface area contributed by atoms with Crippen LogP contribution >= 0.6 is 0 Å². The van der Waals surface area contributed by atoms with Crippen molar-refractivity contribution in [2.75, 3.05) is 13.1 Å². The van der Waals surface area contributed by atoms with E-state index in [1.807, 2.05) is 6.92 Å². The number of aliphatic imine (C=N–C) groups is 1. The first-order valence-electron chi connectivity index (χ1n) is 4.20. The molecule has 3 nitrogen and oxygen atoms in total. The van der Waals surface area contributed by atoms with Gasteiger partial charge in [-0.05, 0) is 27.7 Å². The molecule has 0 spiro atoms. The van der Waals surface area contributed by atoms with Crippen molar-refractivity contribution >= 4 is 5.96 Å². The van der Waals surface area contributed by atoms with Gasteiger partial charge in [-0.25, -0.2) is 0 Å². The number of hydrogen-bond acceptors (Lipinski definition) is 1. The van der Waals surface area contributed by atoms with Gasteiger partial charge >= 0.3 is 0 Å². The summed E-state index contributed by atoms with van der Waals surface area (Å²) in [5, 5.41) is 0. The molecule has 0 aliphatic carbocycles. The maximum atomic E-state index is 5.72. The number of hydrogen-bond donors (Lipinski definition) is 1. The van der Waals surface area contributed by atoms with Crippen LogP contribution in [-0.4, -0.2) is 30.0 Å². The van der Waals surface area contributed by atoms with Crippen molar-refractivity contribution in [3.8, 4) is 0 Å². The van der Waals surface area contributed by atoms with E-state index in [2.05, 4.69) is 30.7 Å². The second kappa shape index (κ2) is 4.99. The first-order valence-corrected chi connectivity index (χ1v) is 4.20. The zero-order valence-corrected chi connectivity index (χ0v) is 7.96. The van der Waals surface area contributed by atoms with E-state index in [-0.39, 0.29) is 0 Å². The molecule has 66 valence electrons. The highest BCUT2D eigenvalue weighted by Crippen LogP contribution is 1.96. The second-order valence-electron chi connectivity index (χ2n) is 2.71. The van der Waals surface area contributed by atoms with Gasteiger partial charge in [0.2, 0.25) is 0 Å². The summed E-state index contributed by atoms with van der Waals surface area (Å²) in [5.74, 6) is 0.657. The molecule has 2 N–H and O–H groups in total. The molecule has 0 bridgehead atoms. The Labute approximate surface area is 69.3 Å². The van der Waals surface area contributed by atoms with Gasteiger partial charge in [-0.2, -0.15) is 0 Å². The molecule has 0 saturated carbocycles. The Morgan fingerprint density at radius 1 is 1.45 bits per heavy atom. The summed E-state index contributed by atoms with van der Waals surface area (Å²) < 4.78 is 0. The Morgan fingerprint density at radius 2 is 2.00 bits per heavy atom. The third kappa shape index (κ3) is 3.25. The van der Waals surface area contributed by atoms with E-state index >= 15 is 0 Å². The van der Waals surface area contributed by atoms with Crippen molar-refractivity contribution in [2.45, 2.75) is 33.7 Å². The maximum absolute atomic E-state index is 5.72. The Kier molecular flexibility index (Phi) is 4.66. The first kappa shape index (κ1) is 10.3. The third-order valence-corrected chi connectivity index (χ3v) is 1.58. The zero-order valence-electron chi connectivity index (χ0n) is 7.96. The minimum Gasteiger partial charge on any atom is -0.370 e. The lowest BCUT2D eigenvalue weighted by Crippen LogP contribution is -2.41. The molecule has 0 aliphatic rings. The third-order valence-electron chi connectivity index (χ3n) is 1.58. The molecule has 0 atom stereocenters. The molecular formula is C8H19N3. The molecule has 3 heteroatoms. The van der Waals surface area contributed by atoms with Gasteiger partial charge in [-0.3, -0.25) is 4.99 Å². The largest absolute Gasteiger partial charge is 0.370 e. The summed E-state index contributed by atoms with van der Waals surface area (Å²) in [6.45, 7) is 9.98. The van der Waals surface area contributed by atoms with Crippen LogP contribution in [0.25, 0.3) is 0 Å². The van der Waals surface area contributed by atoms with Crippen LogP contribution in [0.15, 0.2) is 4.99 Å². The highest BCUT2D eigenvalue weighted by Gasteiger charge is 2.07. The van der Waals surface area contributed by atoms with Crippen molar-refractivity contribution in [2.24, 2.45) is 10.7 Å². The van der Waals surface area contributed by atoms with Gasteiger partial charge in [0.1, 0.15) is 0 Å². The predicted molar refractivity (Wildman–Crippen MR) is 49.7 cm³/mol. The fraction of sp³-hybridized carbons (Fsp3) is 0.875. The van der Waals surface area contributed by atoms with Gasteiger partial charge in [0.15, 0.2) is 5.96 Å². The fourth-order valence-electron chi connectivity index (χ4n) is 1.04. The van der Waals surface area contributed by atoms with Crippen molar-refractivity contribution < 1.29 is 0 Å². The van der Waals surface area contributed by atoms with E-state index < -0.39 is 0 Å². The molecule has 0 amide bonds. The molecule has 0 radical (unpaired) electrons. The summed E-state index contributed by atoms with van der Waals surface area (Å²) >= 11 is 0. The zero-order chi connectivity index (χ0) is 8.85. The van der Waals surface area contributed by atoms with Gasteiger partial charge in [0, 0.05) is 19.1 Å². The van der Waals surface area contributed by atoms with Crippen LogP contribution in [0.2, 0.25) is 0 Å². The molecule has 0 aromatic carbocycles. The van der Waals surface area contributed by atoms with Crippen molar-refractivity contribution in [3.63, 3.8) is 0 Å². The van der Waals surface area contributed by atoms with Gasteiger partial charge in [-0.1, -0.05) is 0 Å². The van der Waals surface area contributed by atoms with Crippen LogP contribution < -0.4 is 5.73 Å². The van der Waals surface area contributed by atoms with E-state index in [0.717, 1.165) is 13.1 Å². The van der Waals surface area contributed by atoms with Gasteiger partial charge in [0.25, 0.3) is 0 Å². The summed E-state index contributed by atoms with van der Waals surface area (Å²) in [6, 6.07) is 0.440. The molecule has 0 rings (SSSR count). The van der Waals surface area contributed by atoms with E-state index in [9.17, 15) is 0 Å². The fourth-order valence-corrected chi connectivity index (χ4v) is 1.04. The average molecular weight is 157 g/mol. The first-order chi connectivity index (χ1) is 5.13. The minimum absolute atomic E-state index is 0.440. The Balaban J connectivity index is 4.13. The lowest BCUT2D eigenvalue weighted by atomic mass is 10.3. The monoisotopic (exact) mass is 157 g/mol. The van der Waals surface area contributed by atoms with E-state index in [0.29, 0.717) is 12.0 Å². The van der Waals surface area contributed by atoms with E-state index in [1.165, 1.54) is 0 Å². The number of nitrogens with two attached hydrogens (primary N) is 1. The maximum Gasteiger partial charge on any atom is 0.191 e. The number of rotatable bonds is 3. The molecule has 0 saturated heterocycles. The summed E-state index contributed by atoms with van der Waals surface area (Å²) in [4.78, 5) is 6.21. The molecule has 0 aromatic heterocycles. The van der Waals surface area contributed by atoms with Crippen LogP contribution in [0.1, 0.15) is 27.7 Å². The number of guanidine groups is 1. The smallest absolute Gasteiger partial charge is 0.191 e. The Morgan fingerprint density at radius 3 is 2.27 bits per heavy atom. The van der Waals surface area contributed by atoms with Crippen molar-refractivity contribution in [1.29, 1.82) is 0 Å². The molecule has 0 aromatic rings. The Bertz CT molecular complexity index is 129. The van der Waals surface area contributed by atoms with Crippen LogP contribution in [0.4, 0.5) is 0 Å². The van der Waals surface area contributed by atoms with Crippen LogP contribution in [0.3, 0.4) is 0 Å². The SMILES string of the molecule is CCN=C(N)N(CC)C(C)C. The van der Waals surface area contributed by atoms with Crippen LogP contribution in [0, 0.1) is 0 Å². The molecular weight excluding hydrogens is 138 g/mol. The molecule has 0 fully saturated rings. The van der Waals surface area contributed by atoms with Crippen LogP contribution in [0.5, 0.6) is 0 Å². The van der Waals surface area contributed by atoms with Crippen LogP contribution in [-0.2, 0) is 0 Å². The quantitative estimate of drug-likeness (QED) is 0.491. The molecule has 0 aliphatic heterocycles. The average Bonchev–Trinajstić information content (AvgIpc) is 1.88. The minimum atomic E-state index is 0.440. The summed E-state index contributed by atoms with van der Waals surface area (Å²) in [6.07, 6.45) is 0. The number of nitrogens with zero attached hydrogens (tertiary/aromatic N) is 2. The standard InChI is InChI=1S/C8H19N3/c1-5-10-8(9)11(6-2)7(3)4/h7H,5-6H2,1-4H3,(H2,9,10). The van der Waals surface area contributed by atoms with Gasteiger partial charge < -0.3 is 10.6 Å². The second-order valence-corrected chi connectivity index (χ2v) is 2.71. The van der Waals surface area contributed by atoms with Gasteiger partial charge in [-0.15, -0.1) is 0 Å². The van der Waals surface area contributed by atoms with Crippen molar-refractivity contribution in [1.82, 2.24) is 4.90 Å². The topological polar surface area (TPSA) is 41.6 Å². The normalized spacial score (nSPS) is 12.3. The highest BCUT2D eigenvalue weighted by molar-refractivity contribution is 5.78. The Hall–Kier alpha value is -0.730. The van der Waals surface area contributed by atoms with E-state index in [1.54, 1.807) is 0 Å².